The van der Waals surface area contributed by atoms with Gasteiger partial charge in [0.2, 0.25) is 18.6 Å². The van der Waals surface area contributed by atoms with Crippen molar-refractivity contribution in [3.05, 3.63) is 77.4 Å². The van der Waals surface area contributed by atoms with Gasteiger partial charge in [-0.1, -0.05) is 31.2 Å². The Morgan fingerprint density at radius 1 is 1.05 bits per heavy atom. The van der Waals surface area contributed by atoms with Gasteiger partial charge in [0.15, 0.2) is 18.1 Å². The number of hydrogen-bond acceptors (Lipinski definition) is 6. The van der Waals surface area contributed by atoms with Crippen LogP contribution in [-0.4, -0.2) is 37.7 Å². The SMILES string of the molecule is CCc1cccc(C)c1NC(=O)COc1ccc(N2C[C@@H](C(=O)NCc3ccc4c(c3)OCO4)CC2=O)cc1. The van der Waals surface area contributed by atoms with E-state index in [0.29, 0.717) is 36.0 Å². The summed E-state index contributed by atoms with van der Waals surface area (Å²) in [6.45, 7) is 4.70. The van der Waals surface area contributed by atoms with Gasteiger partial charge in [0.05, 0.1) is 5.92 Å². The number of benzene rings is 3. The van der Waals surface area contributed by atoms with Gasteiger partial charge >= 0.3 is 0 Å². The first kappa shape index (κ1) is 26.1. The topological polar surface area (TPSA) is 106 Å². The average Bonchev–Trinajstić information content (AvgIpc) is 3.58. The zero-order valence-electron chi connectivity index (χ0n) is 22.0. The molecule has 5 rings (SSSR count). The van der Waals surface area contributed by atoms with E-state index in [1.807, 2.05) is 50.2 Å². The van der Waals surface area contributed by atoms with E-state index >= 15 is 0 Å². The Morgan fingerprint density at radius 3 is 2.64 bits per heavy atom. The van der Waals surface area contributed by atoms with Gasteiger partial charge in [-0.25, -0.2) is 0 Å². The molecule has 2 aliphatic heterocycles. The van der Waals surface area contributed by atoms with E-state index in [0.717, 1.165) is 28.8 Å². The number of anilines is 2. The smallest absolute Gasteiger partial charge is 0.262 e. The molecule has 0 aromatic heterocycles. The average molecular weight is 530 g/mol. The highest BCUT2D eigenvalue weighted by Gasteiger charge is 2.35. The molecule has 1 atom stereocenters. The van der Waals surface area contributed by atoms with Crippen molar-refractivity contribution in [1.82, 2.24) is 5.32 Å². The Kier molecular flexibility index (Phi) is 7.67. The first-order valence-electron chi connectivity index (χ1n) is 13.0. The number of amides is 3. The van der Waals surface area contributed by atoms with Crippen LogP contribution in [0, 0.1) is 12.8 Å². The zero-order valence-corrected chi connectivity index (χ0v) is 22.0. The van der Waals surface area contributed by atoms with E-state index in [1.54, 1.807) is 29.2 Å². The lowest BCUT2D eigenvalue weighted by atomic mass is 10.1. The Morgan fingerprint density at radius 2 is 1.85 bits per heavy atom. The summed E-state index contributed by atoms with van der Waals surface area (Å²) in [6.07, 6.45) is 0.960. The number of carbonyl (C=O) groups is 3. The van der Waals surface area contributed by atoms with Gasteiger partial charge in [-0.05, 0) is 66.4 Å². The summed E-state index contributed by atoms with van der Waals surface area (Å²) in [6, 6.07) is 18.4. The Hall–Kier alpha value is -4.53. The molecule has 1 fully saturated rings. The van der Waals surface area contributed by atoms with Crippen molar-refractivity contribution >= 4 is 29.1 Å². The van der Waals surface area contributed by atoms with Crippen molar-refractivity contribution in [1.29, 1.82) is 0 Å². The predicted octanol–water partition coefficient (Wildman–Crippen LogP) is 3.97. The minimum atomic E-state index is -0.444. The molecule has 0 bridgehead atoms. The molecule has 0 radical (unpaired) electrons. The van der Waals surface area contributed by atoms with E-state index in [9.17, 15) is 14.4 Å². The minimum Gasteiger partial charge on any atom is -0.484 e. The van der Waals surface area contributed by atoms with Gasteiger partial charge in [-0.3, -0.25) is 14.4 Å². The molecule has 0 spiro atoms. The minimum absolute atomic E-state index is 0.115. The number of nitrogens with zero attached hydrogens (tertiary/aromatic N) is 1. The molecule has 9 nitrogen and oxygen atoms in total. The lowest BCUT2D eigenvalue weighted by Gasteiger charge is -2.17. The Balaban J connectivity index is 1.11. The normalized spacial score (nSPS) is 15.8. The van der Waals surface area contributed by atoms with Crippen LogP contribution in [0.4, 0.5) is 11.4 Å². The molecule has 202 valence electrons. The molecule has 39 heavy (non-hydrogen) atoms. The first-order valence-corrected chi connectivity index (χ1v) is 13.0. The van der Waals surface area contributed by atoms with Crippen molar-refractivity contribution in [3.8, 4) is 17.2 Å². The van der Waals surface area contributed by atoms with Crippen LogP contribution >= 0.6 is 0 Å². The molecule has 2 heterocycles. The van der Waals surface area contributed by atoms with Crippen LogP contribution in [-0.2, 0) is 27.3 Å². The van der Waals surface area contributed by atoms with Gasteiger partial charge in [0, 0.05) is 30.9 Å². The van der Waals surface area contributed by atoms with Crippen molar-refractivity contribution < 1.29 is 28.6 Å². The number of ether oxygens (including phenoxy) is 3. The van der Waals surface area contributed by atoms with Crippen LogP contribution in [0.25, 0.3) is 0 Å². The van der Waals surface area contributed by atoms with E-state index in [1.165, 1.54) is 0 Å². The third-order valence-electron chi connectivity index (χ3n) is 6.92. The monoisotopic (exact) mass is 529 g/mol. The molecule has 3 aromatic carbocycles. The second-order valence-electron chi connectivity index (χ2n) is 9.60. The molecule has 1 saturated heterocycles. The van der Waals surface area contributed by atoms with Crippen LogP contribution in [0.15, 0.2) is 60.7 Å². The van der Waals surface area contributed by atoms with Crippen LogP contribution in [0.3, 0.4) is 0 Å². The molecule has 0 aliphatic carbocycles. The number of carbonyl (C=O) groups excluding carboxylic acids is 3. The highest BCUT2D eigenvalue weighted by Crippen LogP contribution is 2.32. The van der Waals surface area contributed by atoms with Crippen molar-refractivity contribution in [2.75, 3.05) is 30.2 Å². The molecule has 0 unspecified atom stereocenters. The maximum absolute atomic E-state index is 12.8. The predicted molar refractivity (Wildman–Crippen MR) is 146 cm³/mol. The van der Waals surface area contributed by atoms with Gasteiger partial charge in [0.25, 0.3) is 5.91 Å². The highest BCUT2D eigenvalue weighted by atomic mass is 16.7. The van der Waals surface area contributed by atoms with Crippen molar-refractivity contribution in [3.63, 3.8) is 0 Å². The zero-order chi connectivity index (χ0) is 27.4. The fourth-order valence-electron chi connectivity index (χ4n) is 4.77. The summed E-state index contributed by atoms with van der Waals surface area (Å²) in [7, 11) is 0. The molecule has 3 amide bonds. The summed E-state index contributed by atoms with van der Waals surface area (Å²) in [5.41, 5.74) is 4.47. The molecular weight excluding hydrogens is 498 g/mol. The summed E-state index contributed by atoms with van der Waals surface area (Å²) in [5.74, 6) is 0.890. The van der Waals surface area contributed by atoms with Crippen LogP contribution in [0.2, 0.25) is 0 Å². The summed E-state index contributed by atoms with van der Waals surface area (Å²) >= 11 is 0. The number of para-hydroxylation sites is 1. The molecule has 2 N–H and O–H groups in total. The molecular formula is C30H31N3O6. The molecule has 0 saturated carbocycles. The number of aryl methyl sites for hydroxylation is 2. The highest BCUT2D eigenvalue weighted by molar-refractivity contribution is 6.00. The third-order valence-corrected chi connectivity index (χ3v) is 6.92. The van der Waals surface area contributed by atoms with Gasteiger partial charge in [0.1, 0.15) is 5.75 Å². The van der Waals surface area contributed by atoms with Gasteiger partial charge in [-0.2, -0.15) is 0 Å². The maximum atomic E-state index is 12.8. The number of fused-ring (bicyclic) bond motifs is 1. The Bertz CT molecular complexity index is 1390. The first-order chi connectivity index (χ1) is 18.9. The second kappa shape index (κ2) is 11.5. The standard InChI is InChI=1S/C30H31N3O6/c1-3-21-6-4-5-19(2)29(21)32-27(34)17-37-24-10-8-23(9-11-24)33-16-22(14-28(33)35)30(36)31-15-20-7-12-25-26(13-20)39-18-38-25/h4-13,22H,3,14-18H2,1-2H3,(H,31,36)(H,32,34)/t22-/m0/s1. The summed E-state index contributed by atoms with van der Waals surface area (Å²) < 4.78 is 16.4. The van der Waals surface area contributed by atoms with E-state index in [2.05, 4.69) is 10.6 Å². The largest absolute Gasteiger partial charge is 0.484 e. The van der Waals surface area contributed by atoms with E-state index < -0.39 is 5.92 Å². The van der Waals surface area contributed by atoms with Crippen molar-refractivity contribution in [2.45, 2.75) is 33.2 Å². The second-order valence-corrected chi connectivity index (χ2v) is 9.60. The molecule has 9 heteroatoms. The van der Waals surface area contributed by atoms with Crippen molar-refractivity contribution in [2.24, 2.45) is 5.92 Å². The summed E-state index contributed by atoms with van der Waals surface area (Å²) in [5, 5.41) is 5.86. The summed E-state index contributed by atoms with van der Waals surface area (Å²) in [4.78, 5) is 39.5. The van der Waals surface area contributed by atoms with E-state index in [-0.39, 0.29) is 37.5 Å². The lowest BCUT2D eigenvalue weighted by molar-refractivity contribution is -0.126. The number of nitrogens with one attached hydrogen (secondary N) is 2. The van der Waals surface area contributed by atoms with Crippen LogP contribution in [0.1, 0.15) is 30.0 Å². The fourth-order valence-corrected chi connectivity index (χ4v) is 4.77. The molecule has 2 aliphatic rings. The van der Waals surface area contributed by atoms with Crippen LogP contribution < -0.4 is 29.7 Å². The number of rotatable bonds is 9. The van der Waals surface area contributed by atoms with E-state index in [4.69, 9.17) is 14.2 Å². The number of hydrogen-bond donors (Lipinski definition) is 2. The third kappa shape index (κ3) is 5.98. The van der Waals surface area contributed by atoms with Gasteiger partial charge < -0.3 is 29.7 Å². The molecule has 3 aromatic rings. The Labute approximate surface area is 227 Å². The quantitative estimate of drug-likeness (QED) is 0.435. The fraction of sp³-hybridized carbons (Fsp3) is 0.300. The maximum Gasteiger partial charge on any atom is 0.262 e. The van der Waals surface area contributed by atoms with Gasteiger partial charge in [-0.15, -0.1) is 0 Å². The van der Waals surface area contributed by atoms with Crippen LogP contribution in [0.5, 0.6) is 17.2 Å². The lowest BCUT2D eigenvalue weighted by Crippen LogP contribution is -2.32.